The van der Waals surface area contributed by atoms with Crippen LogP contribution in [-0.4, -0.2) is 29.1 Å². The number of rotatable bonds is 3. The predicted molar refractivity (Wildman–Crippen MR) is 125 cm³/mol. The van der Waals surface area contributed by atoms with Gasteiger partial charge in [-0.1, -0.05) is 30.7 Å². The molecule has 7 heteroatoms. The summed E-state index contributed by atoms with van der Waals surface area (Å²) in [6.45, 7) is 5.68. The molecule has 33 heavy (non-hydrogen) atoms. The van der Waals surface area contributed by atoms with E-state index in [-0.39, 0.29) is 23.5 Å². The number of benzene rings is 2. The van der Waals surface area contributed by atoms with Crippen LogP contribution in [-0.2, 0) is 14.2 Å². The molecule has 0 unspecified atom stereocenters. The predicted octanol–water partition coefficient (Wildman–Crippen LogP) is 4.02. The third-order valence-electron chi connectivity index (χ3n) is 7.54. The molecule has 2 aromatic carbocycles. The first-order valence-corrected chi connectivity index (χ1v) is 11.6. The van der Waals surface area contributed by atoms with Crippen LogP contribution in [0.25, 0.3) is 0 Å². The number of para-hydroxylation sites is 1. The second-order valence-corrected chi connectivity index (χ2v) is 9.42. The molecule has 2 N–H and O–H groups in total. The Hall–Kier alpha value is -2.90. The van der Waals surface area contributed by atoms with E-state index in [0.717, 1.165) is 27.7 Å². The first-order chi connectivity index (χ1) is 15.8. The van der Waals surface area contributed by atoms with Crippen molar-refractivity contribution in [1.82, 2.24) is 0 Å². The normalized spacial score (nSPS) is 27.2. The van der Waals surface area contributed by atoms with Gasteiger partial charge in [-0.3, -0.25) is 14.5 Å². The van der Waals surface area contributed by atoms with Gasteiger partial charge in [0.15, 0.2) is 0 Å². The van der Waals surface area contributed by atoms with Gasteiger partial charge in [0, 0.05) is 0 Å². The number of fused-ring (bicyclic) bond motifs is 3. The zero-order valence-corrected chi connectivity index (χ0v) is 19.1. The topological polar surface area (TPSA) is 87.1 Å². The number of carbonyl (C=O) groups is 2. The van der Waals surface area contributed by atoms with Gasteiger partial charge in [0.2, 0.25) is 11.8 Å². The van der Waals surface area contributed by atoms with E-state index in [1.165, 1.54) is 4.90 Å². The summed E-state index contributed by atoms with van der Waals surface area (Å²) in [5.41, 5.74) is 4.72. The lowest BCUT2D eigenvalue weighted by Crippen LogP contribution is -2.44. The lowest BCUT2D eigenvalue weighted by molar-refractivity contribution is -0.123. The Balaban J connectivity index is 1.55. The first kappa shape index (κ1) is 21.9. The summed E-state index contributed by atoms with van der Waals surface area (Å²) in [5, 5.41) is 21.2. The molecule has 2 fully saturated rings. The molecule has 4 atom stereocenters. The number of phenolic OH excluding ortho intramolecular Hbond substituents is 1. The van der Waals surface area contributed by atoms with E-state index in [9.17, 15) is 19.7 Å². The van der Waals surface area contributed by atoms with Crippen molar-refractivity contribution >= 4 is 24.6 Å². The first-order valence-electron chi connectivity index (χ1n) is 11.6. The van der Waals surface area contributed by atoms with Crippen molar-refractivity contribution in [3.8, 4) is 5.75 Å². The Morgan fingerprint density at radius 3 is 2.36 bits per heavy atom. The van der Waals surface area contributed by atoms with Crippen molar-refractivity contribution in [1.29, 1.82) is 0 Å². The van der Waals surface area contributed by atoms with E-state index < -0.39 is 25.1 Å². The van der Waals surface area contributed by atoms with Crippen molar-refractivity contribution in [3.63, 3.8) is 0 Å². The molecule has 0 bridgehead atoms. The molecule has 0 saturated carbocycles. The van der Waals surface area contributed by atoms with Gasteiger partial charge < -0.3 is 14.8 Å². The van der Waals surface area contributed by atoms with Crippen molar-refractivity contribution in [2.45, 2.75) is 46.1 Å². The lowest BCUT2D eigenvalue weighted by atomic mass is 9.55. The largest absolute Gasteiger partial charge is 0.507 e. The third kappa shape index (κ3) is 3.42. The van der Waals surface area contributed by atoms with E-state index in [1.807, 2.05) is 51.1 Å². The van der Waals surface area contributed by atoms with Crippen LogP contribution in [0, 0.1) is 31.6 Å². The SMILES string of the molecule is CCC1=C2B(O)O[C@H](c3cc(C)c(O)c(C)c3)C[C@H]2[C@H]2C(=O)N(c3ccccc3)C(=O)[C@H]2C1. The fraction of sp³-hybridized carbons (Fsp3) is 0.385. The fourth-order valence-corrected chi connectivity index (χ4v) is 5.97. The van der Waals surface area contributed by atoms with E-state index in [2.05, 4.69) is 0 Å². The van der Waals surface area contributed by atoms with E-state index in [0.29, 0.717) is 24.9 Å². The molecule has 1 aliphatic carbocycles. The van der Waals surface area contributed by atoms with Gasteiger partial charge in [-0.15, -0.1) is 0 Å². The van der Waals surface area contributed by atoms with Crippen LogP contribution in [0.5, 0.6) is 5.75 Å². The maximum atomic E-state index is 13.6. The third-order valence-corrected chi connectivity index (χ3v) is 7.54. The number of anilines is 1. The van der Waals surface area contributed by atoms with Gasteiger partial charge >= 0.3 is 7.12 Å². The highest BCUT2D eigenvalue weighted by molar-refractivity contribution is 6.53. The van der Waals surface area contributed by atoms with Gasteiger partial charge in [0.25, 0.3) is 0 Å². The van der Waals surface area contributed by atoms with Gasteiger partial charge in [0.1, 0.15) is 5.75 Å². The summed E-state index contributed by atoms with van der Waals surface area (Å²) in [4.78, 5) is 28.4. The van der Waals surface area contributed by atoms with Crippen LogP contribution in [0.2, 0.25) is 0 Å². The van der Waals surface area contributed by atoms with Gasteiger partial charge in [-0.25, -0.2) is 0 Å². The van der Waals surface area contributed by atoms with Crippen LogP contribution in [0.3, 0.4) is 0 Å². The number of hydrogen-bond acceptors (Lipinski definition) is 5. The molecule has 6 nitrogen and oxygen atoms in total. The van der Waals surface area contributed by atoms with E-state index in [1.54, 1.807) is 12.1 Å². The lowest BCUT2D eigenvalue weighted by Gasteiger charge is -2.42. The Morgan fingerprint density at radius 2 is 1.73 bits per heavy atom. The zero-order valence-electron chi connectivity index (χ0n) is 19.1. The van der Waals surface area contributed by atoms with Crippen molar-refractivity contribution in [3.05, 3.63) is 70.2 Å². The molecule has 0 radical (unpaired) electrons. The number of allylic oxidation sites excluding steroid dienone is 2. The standard InChI is InChI=1S/C26H28BNO5/c1-4-16-12-20-22(26(31)28(25(20)30)18-8-6-5-7-9-18)19-13-21(33-27(32)23(16)19)17-10-14(2)24(29)15(3)11-17/h5-11,19-22,29,32H,4,12-13H2,1-3H3/t19-,20-,21-,22+/m0/s1. The molecule has 2 amide bonds. The summed E-state index contributed by atoms with van der Waals surface area (Å²) >= 11 is 0. The number of nitrogens with zero attached hydrogens (tertiary/aromatic N) is 1. The molecule has 5 rings (SSSR count). The molecule has 2 heterocycles. The Kier molecular flexibility index (Phi) is 5.42. The van der Waals surface area contributed by atoms with Crippen molar-refractivity contribution in [2.24, 2.45) is 17.8 Å². The Morgan fingerprint density at radius 1 is 1.06 bits per heavy atom. The molecule has 170 valence electrons. The second-order valence-electron chi connectivity index (χ2n) is 9.42. The molecule has 2 aromatic rings. The van der Waals surface area contributed by atoms with E-state index in [4.69, 9.17) is 4.65 Å². The van der Waals surface area contributed by atoms with Crippen LogP contribution < -0.4 is 4.90 Å². The highest BCUT2D eigenvalue weighted by atomic mass is 16.5. The van der Waals surface area contributed by atoms with Gasteiger partial charge in [-0.2, -0.15) is 0 Å². The maximum Gasteiger partial charge on any atom is 0.487 e. The minimum absolute atomic E-state index is 0.157. The highest BCUT2D eigenvalue weighted by Crippen LogP contribution is 2.52. The summed E-state index contributed by atoms with van der Waals surface area (Å²) < 4.78 is 6.05. The Labute approximate surface area is 194 Å². The summed E-state index contributed by atoms with van der Waals surface area (Å²) in [5.74, 6) is -1.31. The number of hydrogen-bond donors (Lipinski definition) is 2. The fourth-order valence-electron chi connectivity index (χ4n) is 5.97. The quantitative estimate of drug-likeness (QED) is 0.551. The minimum Gasteiger partial charge on any atom is -0.507 e. The molecule has 2 aliphatic heterocycles. The van der Waals surface area contributed by atoms with Crippen molar-refractivity contribution in [2.75, 3.05) is 4.90 Å². The van der Waals surface area contributed by atoms with Gasteiger partial charge in [0.05, 0.1) is 23.6 Å². The molecular weight excluding hydrogens is 417 g/mol. The molecule has 3 aliphatic rings. The van der Waals surface area contributed by atoms with Crippen LogP contribution >= 0.6 is 0 Å². The summed E-state index contributed by atoms with van der Waals surface area (Å²) in [6, 6.07) is 12.8. The molecule has 0 spiro atoms. The monoisotopic (exact) mass is 445 g/mol. The molecule has 2 saturated heterocycles. The summed E-state index contributed by atoms with van der Waals surface area (Å²) in [7, 11) is -1.12. The molecular formula is C26H28BNO5. The summed E-state index contributed by atoms with van der Waals surface area (Å²) in [6.07, 6.45) is 1.24. The van der Waals surface area contributed by atoms with Crippen LogP contribution in [0.4, 0.5) is 5.69 Å². The number of phenols is 1. The zero-order chi connectivity index (χ0) is 23.4. The Bertz CT molecular complexity index is 1140. The van der Waals surface area contributed by atoms with E-state index >= 15 is 0 Å². The number of imide groups is 1. The molecule has 0 aromatic heterocycles. The van der Waals surface area contributed by atoms with Gasteiger partial charge in [-0.05, 0) is 85.5 Å². The minimum atomic E-state index is -1.12. The van der Waals surface area contributed by atoms with Crippen LogP contribution in [0.1, 0.15) is 49.0 Å². The number of carbonyl (C=O) groups excluding carboxylic acids is 2. The number of aromatic hydroxyl groups is 1. The smallest absolute Gasteiger partial charge is 0.487 e. The average molecular weight is 445 g/mol. The van der Waals surface area contributed by atoms with Crippen LogP contribution in [0.15, 0.2) is 53.5 Å². The second kappa shape index (κ2) is 8.15. The number of amides is 2. The van der Waals surface area contributed by atoms with Crippen molar-refractivity contribution < 1.29 is 24.4 Å². The highest BCUT2D eigenvalue weighted by Gasteiger charge is 2.57. The maximum absolute atomic E-state index is 13.6. The number of aryl methyl sites for hydroxylation is 2. The average Bonchev–Trinajstić information content (AvgIpc) is 3.06.